The molecule has 1 aliphatic rings. The molecule has 0 radical (unpaired) electrons. The third-order valence-corrected chi connectivity index (χ3v) is 3.81. The third-order valence-electron chi connectivity index (χ3n) is 3.21. The molecule has 2 atom stereocenters. The zero-order valence-electron chi connectivity index (χ0n) is 10.1. The highest BCUT2D eigenvalue weighted by atomic mass is 32.1. The highest BCUT2D eigenvalue weighted by molar-refractivity contribution is 7.07. The summed E-state index contributed by atoms with van der Waals surface area (Å²) < 4.78 is 0. The van der Waals surface area contributed by atoms with Gasteiger partial charge in [-0.15, -0.1) is 11.3 Å². The van der Waals surface area contributed by atoms with E-state index in [9.17, 15) is 4.79 Å². The number of carbonyl (C=O) groups excluding carboxylic acids is 1. The number of nitrogens with two attached hydrogens (primary N) is 1. The van der Waals surface area contributed by atoms with Gasteiger partial charge in [0.25, 0.3) is 0 Å². The normalized spacial score (nSPS) is 26.0. The Balaban J connectivity index is 2.29. The predicted molar refractivity (Wildman–Crippen MR) is 68.7 cm³/mol. The van der Waals surface area contributed by atoms with E-state index in [-0.39, 0.29) is 18.0 Å². The number of rotatable bonds is 3. The fraction of sp³-hybridized carbons (Fsp3) is 0.667. The topological polar surface area (TPSA) is 59.2 Å². The van der Waals surface area contributed by atoms with E-state index in [1.165, 1.54) is 0 Å². The van der Waals surface area contributed by atoms with Crippen LogP contribution in [-0.2, 0) is 4.79 Å². The quantitative estimate of drug-likeness (QED) is 0.895. The monoisotopic (exact) mass is 253 g/mol. The van der Waals surface area contributed by atoms with Crippen LogP contribution >= 0.6 is 11.3 Å². The van der Waals surface area contributed by atoms with Gasteiger partial charge < -0.3 is 10.6 Å². The maximum Gasteiger partial charge on any atom is 0.223 e. The number of thiazole rings is 1. The first-order valence-electron chi connectivity index (χ1n) is 6.17. The highest BCUT2D eigenvalue weighted by Crippen LogP contribution is 2.29. The number of nitrogens with zero attached hydrogens (tertiary/aromatic N) is 2. The Labute approximate surface area is 106 Å². The van der Waals surface area contributed by atoms with Crippen LogP contribution in [0.5, 0.6) is 0 Å². The molecule has 1 amide bonds. The van der Waals surface area contributed by atoms with E-state index in [2.05, 4.69) is 11.9 Å². The lowest BCUT2D eigenvalue weighted by atomic mass is 10.0. The molecule has 0 spiro atoms. The summed E-state index contributed by atoms with van der Waals surface area (Å²) in [6.45, 7) is 2.86. The van der Waals surface area contributed by atoms with Crippen molar-refractivity contribution in [1.29, 1.82) is 0 Å². The Morgan fingerprint density at radius 3 is 3.12 bits per heavy atom. The van der Waals surface area contributed by atoms with Gasteiger partial charge in [-0.3, -0.25) is 4.79 Å². The summed E-state index contributed by atoms with van der Waals surface area (Å²) in [4.78, 5) is 18.4. The van der Waals surface area contributed by atoms with Crippen molar-refractivity contribution in [1.82, 2.24) is 9.88 Å². The Kier molecular flexibility index (Phi) is 4.12. The van der Waals surface area contributed by atoms with Crippen molar-refractivity contribution >= 4 is 17.2 Å². The third kappa shape index (κ3) is 2.66. The van der Waals surface area contributed by atoms with Crippen molar-refractivity contribution in [2.75, 3.05) is 6.54 Å². The largest absolute Gasteiger partial charge is 0.332 e. The van der Waals surface area contributed by atoms with E-state index in [4.69, 9.17) is 5.73 Å². The van der Waals surface area contributed by atoms with E-state index in [0.717, 1.165) is 31.5 Å². The molecule has 2 rings (SSSR count). The average molecular weight is 253 g/mol. The van der Waals surface area contributed by atoms with Gasteiger partial charge in [-0.1, -0.05) is 6.92 Å². The van der Waals surface area contributed by atoms with E-state index in [1.807, 2.05) is 15.8 Å². The second-order valence-electron chi connectivity index (χ2n) is 4.50. The van der Waals surface area contributed by atoms with Crippen molar-refractivity contribution in [3.8, 4) is 0 Å². The molecule has 2 N–H and O–H groups in total. The summed E-state index contributed by atoms with van der Waals surface area (Å²) in [6, 6.07) is -0.0219. The summed E-state index contributed by atoms with van der Waals surface area (Å²) in [7, 11) is 0. The molecule has 5 heteroatoms. The summed E-state index contributed by atoms with van der Waals surface area (Å²) in [5.74, 6) is 0.220. The van der Waals surface area contributed by atoms with Crippen molar-refractivity contribution in [3.05, 3.63) is 16.6 Å². The number of amides is 1. The molecule has 2 unspecified atom stereocenters. The summed E-state index contributed by atoms with van der Waals surface area (Å²) in [5, 5.41) is 2.01. The maximum atomic E-state index is 12.1. The van der Waals surface area contributed by atoms with E-state index in [0.29, 0.717) is 6.42 Å². The minimum Gasteiger partial charge on any atom is -0.332 e. The second kappa shape index (κ2) is 5.60. The molecule has 17 heavy (non-hydrogen) atoms. The number of hydrogen-bond donors (Lipinski definition) is 1. The van der Waals surface area contributed by atoms with Gasteiger partial charge in [-0.2, -0.15) is 0 Å². The van der Waals surface area contributed by atoms with Crippen molar-refractivity contribution in [2.24, 2.45) is 5.73 Å². The standard InChI is InChI=1S/C12H19N3OS/c1-2-6-15-11(16)5-3-4-9(13)12(15)10-7-17-8-14-10/h7-9,12H,2-6,13H2,1H3. The number of hydrogen-bond acceptors (Lipinski definition) is 4. The lowest BCUT2D eigenvalue weighted by Crippen LogP contribution is -2.42. The first-order valence-corrected chi connectivity index (χ1v) is 7.11. The molecule has 1 aromatic rings. The van der Waals surface area contributed by atoms with Gasteiger partial charge in [0, 0.05) is 24.4 Å². The second-order valence-corrected chi connectivity index (χ2v) is 5.22. The Morgan fingerprint density at radius 1 is 1.65 bits per heavy atom. The van der Waals surface area contributed by atoms with Gasteiger partial charge in [-0.25, -0.2) is 4.98 Å². The predicted octanol–water partition coefficient (Wildman–Crippen LogP) is 1.93. The highest BCUT2D eigenvalue weighted by Gasteiger charge is 2.33. The van der Waals surface area contributed by atoms with Crippen molar-refractivity contribution < 1.29 is 4.79 Å². The first kappa shape index (κ1) is 12.5. The smallest absolute Gasteiger partial charge is 0.223 e. The van der Waals surface area contributed by atoms with Gasteiger partial charge in [0.05, 0.1) is 17.2 Å². The SMILES string of the molecule is CCCN1C(=O)CCCC(N)C1c1cscn1. The fourth-order valence-corrected chi connectivity index (χ4v) is 3.01. The van der Waals surface area contributed by atoms with Crippen LogP contribution in [0.15, 0.2) is 10.9 Å². The van der Waals surface area contributed by atoms with Crippen LogP contribution in [0.25, 0.3) is 0 Å². The molecule has 0 saturated carbocycles. The minimum absolute atomic E-state index is 0.00935. The van der Waals surface area contributed by atoms with Crippen LogP contribution in [0.4, 0.5) is 0 Å². The van der Waals surface area contributed by atoms with E-state index >= 15 is 0 Å². The molecule has 0 aliphatic carbocycles. The molecule has 2 heterocycles. The van der Waals surface area contributed by atoms with Gasteiger partial charge in [0.1, 0.15) is 0 Å². The molecule has 1 aliphatic heterocycles. The Bertz CT molecular complexity index is 366. The molecule has 1 fully saturated rings. The zero-order chi connectivity index (χ0) is 12.3. The van der Waals surface area contributed by atoms with Crippen molar-refractivity contribution in [2.45, 2.75) is 44.7 Å². The summed E-state index contributed by atoms with van der Waals surface area (Å²) in [5.41, 5.74) is 8.98. The average Bonchev–Trinajstić information content (AvgIpc) is 2.77. The van der Waals surface area contributed by atoms with E-state index in [1.54, 1.807) is 11.3 Å². The molecule has 1 aromatic heterocycles. The minimum atomic E-state index is -0.0313. The van der Waals surface area contributed by atoms with Crippen molar-refractivity contribution in [3.63, 3.8) is 0 Å². The molecule has 4 nitrogen and oxygen atoms in total. The van der Waals surface area contributed by atoms with Crippen LogP contribution in [0.1, 0.15) is 44.3 Å². The number of aromatic nitrogens is 1. The zero-order valence-corrected chi connectivity index (χ0v) is 10.9. The van der Waals surface area contributed by atoms with E-state index < -0.39 is 0 Å². The van der Waals surface area contributed by atoms with Crippen LogP contribution in [0.3, 0.4) is 0 Å². The molecular weight excluding hydrogens is 234 g/mol. The molecule has 1 saturated heterocycles. The fourth-order valence-electron chi connectivity index (χ4n) is 2.43. The molecule has 0 bridgehead atoms. The van der Waals surface area contributed by atoms with Gasteiger partial charge in [-0.05, 0) is 19.3 Å². The molecular formula is C12H19N3OS. The molecule has 0 aromatic carbocycles. The summed E-state index contributed by atoms with van der Waals surface area (Å²) in [6.07, 6.45) is 3.36. The van der Waals surface area contributed by atoms with Crippen LogP contribution in [0.2, 0.25) is 0 Å². The number of likely N-dealkylation sites (tertiary alicyclic amines) is 1. The van der Waals surface area contributed by atoms with Gasteiger partial charge in [0.15, 0.2) is 0 Å². The molecule has 94 valence electrons. The maximum absolute atomic E-state index is 12.1. The summed E-state index contributed by atoms with van der Waals surface area (Å²) >= 11 is 1.56. The van der Waals surface area contributed by atoms with Crippen LogP contribution < -0.4 is 5.73 Å². The van der Waals surface area contributed by atoms with Crippen LogP contribution in [0, 0.1) is 0 Å². The Morgan fingerprint density at radius 2 is 2.47 bits per heavy atom. The lowest BCUT2D eigenvalue weighted by molar-refractivity contribution is -0.133. The van der Waals surface area contributed by atoms with Gasteiger partial charge in [0.2, 0.25) is 5.91 Å². The number of carbonyl (C=O) groups is 1. The van der Waals surface area contributed by atoms with Crippen LogP contribution in [-0.4, -0.2) is 28.4 Å². The first-order chi connectivity index (χ1) is 8.24. The van der Waals surface area contributed by atoms with Gasteiger partial charge >= 0.3 is 0 Å². The lowest BCUT2D eigenvalue weighted by Gasteiger charge is -2.32. The Hall–Kier alpha value is -0.940.